The lowest BCUT2D eigenvalue weighted by atomic mass is 9.98. The molecule has 2 fully saturated rings. The minimum Gasteiger partial charge on any atom is -0.394 e. The Morgan fingerprint density at radius 2 is 1.11 bits per heavy atom. The molecule has 320 valence electrons. The van der Waals surface area contributed by atoms with E-state index >= 15 is 0 Å². The summed E-state index contributed by atoms with van der Waals surface area (Å²) in [7, 11) is 0. The molecule has 2 aliphatic heterocycles. The highest BCUT2D eigenvalue weighted by molar-refractivity contribution is 5.88. The maximum atomic E-state index is 12.9. The fourth-order valence-corrected chi connectivity index (χ4v) is 6.15. The highest BCUT2D eigenvalue weighted by Gasteiger charge is 2.44. The molecule has 0 saturated carbocycles. The first-order chi connectivity index (χ1) is 26.2. The van der Waals surface area contributed by atoms with Gasteiger partial charge in [0.05, 0.1) is 25.3 Å². The summed E-state index contributed by atoms with van der Waals surface area (Å²) in [5, 5.41) is 66.8. The van der Waals surface area contributed by atoms with Crippen molar-refractivity contribution in [2.75, 3.05) is 39.5 Å². The Hall–Kier alpha value is -2.40. The zero-order valence-electron chi connectivity index (χ0n) is 32.3. The quantitative estimate of drug-likeness (QED) is 0.0374. The summed E-state index contributed by atoms with van der Waals surface area (Å²) in [5.74, 6) is -1.51. The molecule has 2 aliphatic rings. The van der Waals surface area contributed by atoms with Gasteiger partial charge >= 0.3 is 0 Å². The number of hydrogen-bond acceptors (Lipinski definition) is 16. The van der Waals surface area contributed by atoms with Crippen LogP contribution in [-0.2, 0) is 38.1 Å². The fraction of sp³-hybridized carbons (Fsp3) is 0.889. The average molecular weight is 794 g/mol. The minimum absolute atomic E-state index is 0.0287. The predicted molar refractivity (Wildman–Crippen MR) is 197 cm³/mol. The maximum absolute atomic E-state index is 12.9. The van der Waals surface area contributed by atoms with Gasteiger partial charge in [0, 0.05) is 45.1 Å². The lowest BCUT2D eigenvalue weighted by Gasteiger charge is -2.40. The maximum Gasteiger partial charge on any atom is 0.242 e. The third kappa shape index (κ3) is 17.3. The number of carbonyl (C=O) groups excluding carboxylic acids is 4. The second-order valence-corrected chi connectivity index (χ2v) is 14.5. The van der Waals surface area contributed by atoms with E-state index in [0.29, 0.717) is 39.0 Å². The van der Waals surface area contributed by atoms with Crippen LogP contribution in [0.2, 0.25) is 0 Å². The third-order valence-electron chi connectivity index (χ3n) is 9.85. The normalized spacial score (nSPS) is 29.3. The molecule has 0 aromatic carbocycles. The average Bonchev–Trinajstić information content (AvgIpc) is 3.16. The Morgan fingerprint density at radius 1 is 0.655 bits per heavy atom. The van der Waals surface area contributed by atoms with Gasteiger partial charge in [-0.1, -0.05) is 32.6 Å². The van der Waals surface area contributed by atoms with E-state index in [4.69, 9.17) is 30.4 Å². The molecule has 2 saturated heterocycles. The molecular weight excluding hydrogens is 726 g/mol. The van der Waals surface area contributed by atoms with Gasteiger partial charge in [0.2, 0.25) is 17.7 Å². The van der Waals surface area contributed by atoms with Crippen LogP contribution in [0.15, 0.2) is 0 Å². The molecule has 0 aliphatic carbocycles. The molecule has 19 heteroatoms. The van der Waals surface area contributed by atoms with E-state index in [1.807, 2.05) is 0 Å². The summed E-state index contributed by atoms with van der Waals surface area (Å²) >= 11 is 0. The van der Waals surface area contributed by atoms with Crippen LogP contribution in [0.3, 0.4) is 0 Å². The number of unbranched alkanes of at least 4 members (excludes halogenated alkanes) is 6. The number of aliphatic hydroxyl groups is 6. The zero-order chi connectivity index (χ0) is 40.9. The number of ether oxygens (including phenoxy) is 4. The van der Waals surface area contributed by atoms with Crippen LogP contribution in [0.25, 0.3) is 0 Å². The summed E-state index contributed by atoms with van der Waals surface area (Å²) in [4.78, 5) is 49.8. The molecule has 3 amide bonds. The molecule has 55 heavy (non-hydrogen) atoms. The number of Topliss-reactive ketones (excluding diaryl/α,β-unsaturated/α-hetero) is 1. The van der Waals surface area contributed by atoms with Gasteiger partial charge in [0.25, 0.3) is 0 Å². The molecule has 2 rings (SSSR count). The number of nitrogens with one attached hydrogen (secondary N) is 3. The topological polar surface area (TPSA) is 315 Å². The lowest BCUT2D eigenvalue weighted by molar-refractivity contribution is -0.265. The second-order valence-electron chi connectivity index (χ2n) is 14.5. The van der Waals surface area contributed by atoms with Crippen molar-refractivity contribution in [3.8, 4) is 0 Å². The Bertz CT molecular complexity index is 1140. The monoisotopic (exact) mass is 793 g/mol. The Labute approximate surface area is 323 Å². The Balaban J connectivity index is 1.58. The summed E-state index contributed by atoms with van der Waals surface area (Å²) in [6.07, 6.45) is -2.56. The molecule has 0 spiro atoms. The van der Waals surface area contributed by atoms with E-state index in [0.717, 1.165) is 32.1 Å². The van der Waals surface area contributed by atoms with E-state index < -0.39 is 98.3 Å². The number of hydrogen-bond donors (Lipinski definition) is 11. The van der Waals surface area contributed by atoms with Gasteiger partial charge in [-0.2, -0.15) is 0 Å². The van der Waals surface area contributed by atoms with Gasteiger partial charge in [-0.05, 0) is 45.4 Å². The molecule has 0 radical (unpaired) electrons. The molecule has 12 unspecified atom stereocenters. The van der Waals surface area contributed by atoms with Gasteiger partial charge in [0.1, 0.15) is 48.4 Å². The molecule has 19 nitrogen and oxygen atoms in total. The van der Waals surface area contributed by atoms with Crippen LogP contribution in [0, 0.1) is 5.92 Å². The second kappa shape index (κ2) is 26.5. The predicted octanol–water partition coefficient (Wildman–Crippen LogP) is -2.82. The van der Waals surface area contributed by atoms with Crippen LogP contribution in [0.5, 0.6) is 0 Å². The standard InChI is InChI=1S/C36H67N5O14/c1-21(33(50)39-15-7-3-5-9-17-52-35-27(37)31(48)29(46)24(19-42)54-35)11-14-26(45)41-23(13-12-22(2)44)34(51)40-16-8-4-6-10-18-53-36-28(38)32(49)30(47)25(20-43)55-36/h21,23-25,27-32,35-36,42-43,46-49H,3-20,37-38H2,1-2H3,(H,39,50)(H,40,51)(H,41,45). The Morgan fingerprint density at radius 3 is 1.56 bits per heavy atom. The van der Waals surface area contributed by atoms with Crippen molar-refractivity contribution in [2.24, 2.45) is 17.4 Å². The molecule has 2 heterocycles. The van der Waals surface area contributed by atoms with Crippen LogP contribution in [0.4, 0.5) is 0 Å². The first-order valence-corrected chi connectivity index (χ1v) is 19.5. The van der Waals surface area contributed by atoms with E-state index in [2.05, 4.69) is 16.0 Å². The van der Waals surface area contributed by atoms with Gasteiger partial charge in [-0.3, -0.25) is 14.4 Å². The number of nitrogens with two attached hydrogens (primary N) is 2. The van der Waals surface area contributed by atoms with E-state index in [1.54, 1.807) is 6.92 Å². The number of amides is 3. The van der Waals surface area contributed by atoms with Crippen molar-refractivity contribution in [2.45, 2.75) is 158 Å². The van der Waals surface area contributed by atoms with E-state index in [9.17, 15) is 49.8 Å². The molecule has 13 N–H and O–H groups in total. The highest BCUT2D eigenvalue weighted by atomic mass is 16.7. The van der Waals surface area contributed by atoms with Crippen molar-refractivity contribution in [3.05, 3.63) is 0 Å². The lowest BCUT2D eigenvalue weighted by Crippen LogP contribution is -2.62. The van der Waals surface area contributed by atoms with Crippen molar-refractivity contribution in [1.82, 2.24) is 16.0 Å². The highest BCUT2D eigenvalue weighted by Crippen LogP contribution is 2.22. The number of aliphatic hydroxyl groups excluding tert-OH is 6. The van der Waals surface area contributed by atoms with Crippen LogP contribution >= 0.6 is 0 Å². The largest absolute Gasteiger partial charge is 0.394 e. The molecule has 0 bridgehead atoms. The fourth-order valence-electron chi connectivity index (χ4n) is 6.15. The number of carbonyl (C=O) groups is 4. The van der Waals surface area contributed by atoms with Crippen LogP contribution in [0.1, 0.15) is 90.9 Å². The summed E-state index contributed by atoms with van der Waals surface area (Å²) in [6, 6.07) is -2.79. The summed E-state index contributed by atoms with van der Waals surface area (Å²) in [6.45, 7) is 3.60. The smallest absolute Gasteiger partial charge is 0.242 e. The van der Waals surface area contributed by atoms with Gasteiger partial charge in [-0.15, -0.1) is 0 Å². The zero-order valence-corrected chi connectivity index (χ0v) is 32.3. The SMILES string of the molecule is CC(=O)CCC(NC(=O)CCC(C)C(=O)NCCCCCCOC1OC(CO)C(O)C(O)C1N)C(=O)NCCCCCCOC1OC(CO)C(O)C(O)C1N. The molecule has 12 atom stereocenters. The van der Waals surface area contributed by atoms with E-state index in [1.165, 1.54) is 6.92 Å². The van der Waals surface area contributed by atoms with Gasteiger partial charge in [-0.25, -0.2) is 0 Å². The van der Waals surface area contributed by atoms with Crippen molar-refractivity contribution < 1.29 is 68.8 Å². The van der Waals surface area contributed by atoms with Crippen molar-refractivity contribution in [3.63, 3.8) is 0 Å². The molecule has 0 aromatic heterocycles. The number of ketones is 1. The van der Waals surface area contributed by atoms with Crippen LogP contribution in [-0.4, -0.2) is 161 Å². The number of rotatable bonds is 27. The first-order valence-electron chi connectivity index (χ1n) is 19.5. The summed E-state index contributed by atoms with van der Waals surface area (Å²) < 4.78 is 22.1. The van der Waals surface area contributed by atoms with E-state index in [-0.39, 0.29) is 44.0 Å². The minimum atomic E-state index is -1.30. The van der Waals surface area contributed by atoms with Crippen molar-refractivity contribution >= 4 is 23.5 Å². The van der Waals surface area contributed by atoms with Gasteiger partial charge < -0.3 is 81.8 Å². The Kier molecular flexibility index (Phi) is 23.5. The van der Waals surface area contributed by atoms with Gasteiger partial charge in [0.15, 0.2) is 12.6 Å². The first kappa shape index (κ1) is 48.7. The molecular formula is C36H67N5O14. The molecule has 0 aromatic rings. The van der Waals surface area contributed by atoms with Crippen molar-refractivity contribution in [1.29, 1.82) is 0 Å². The van der Waals surface area contributed by atoms with Crippen LogP contribution < -0.4 is 27.4 Å². The summed E-state index contributed by atoms with van der Waals surface area (Å²) in [5.41, 5.74) is 11.7. The third-order valence-corrected chi connectivity index (χ3v) is 9.85.